The molecule has 0 aromatic carbocycles. The second-order valence-corrected chi connectivity index (χ2v) is 4.59. The molecule has 0 spiro atoms. The van der Waals surface area contributed by atoms with E-state index in [1.54, 1.807) is 11.9 Å². The van der Waals surface area contributed by atoms with E-state index in [2.05, 4.69) is 18.6 Å². The van der Waals surface area contributed by atoms with E-state index in [0.717, 1.165) is 19.4 Å². The Bertz CT molecular complexity index is 87.1. The molecule has 0 saturated heterocycles. The lowest BCUT2D eigenvalue weighted by Crippen LogP contribution is -2.18. The Morgan fingerprint density at radius 3 is 2.58 bits per heavy atom. The van der Waals surface area contributed by atoms with E-state index in [1.165, 1.54) is 0 Å². The standard InChI is InChI=1S/C8H20N2OS/c1-7(2)12-10-6-4-3-5-8(9)11/h7-8,10-11H,3-6,9H2,1-2H3. The van der Waals surface area contributed by atoms with Crippen molar-refractivity contribution in [2.45, 2.75) is 44.6 Å². The maximum absolute atomic E-state index is 8.75. The Labute approximate surface area is 79.2 Å². The average Bonchev–Trinajstić information content (AvgIpc) is 1.95. The molecule has 0 aliphatic heterocycles. The van der Waals surface area contributed by atoms with Gasteiger partial charge in [0.25, 0.3) is 0 Å². The summed E-state index contributed by atoms with van der Waals surface area (Å²) in [6.45, 7) is 5.30. The lowest BCUT2D eigenvalue weighted by Gasteiger charge is -2.06. The van der Waals surface area contributed by atoms with Crippen molar-refractivity contribution in [2.75, 3.05) is 6.54 Å². The molecule has 0 aliphatic rings. The lowest BCUT2D eigenvalue weighted by molar-refractivity contribution is 0.168. The second-order valence-electron chi connectivity index (χ2n) is 3.12. The lowest BCUT2D eigenvalue weighted by atomic mass is 10.2. The highest BCUT2D eigenvalue weighted by molar-refractivity contribution is 7.97. The van der Waals surface area contributed by atoms with Crippen LogP contribution in [0.15, 0.2) is 0 Å². The SMILES string of the molecule is CC(C)SNCCCCC(N)O. The molecule has 4 heteroatoms. The predicted octanol–water partition coefficient (Wildman–Crippen LogP) is 1.08. The molecule has 4 N–H and O–H groups in total. The van der Waals surface area contributed by atoms with Gasteiger partial charge in [-0.2, -0.15) is 0 Å². The minimum atomic E-state index is -0.636. The van der Waals surface area contributed by atoms with Crippen molar-refractivity contribution >= 4 is 11.9 Å². The van der Waals surface area contributed by atoms with Gasteiger partial charge < -0.3 is 10.8 Å². The fourth-order valence-corrected chi connectivity index (χ4v) is 1.37. The zero-order valence-electron chi connectivity index (χ0n) is 7.92. The van der Waals surface area contributed by atoms with Gasteiger partial charge in [-0.1, -0.05) is 25.8 Å². The molecular formula is C8H20N2OS. The predicted molar refractivity (Wildman–Crippen MR) is 54.8 cm³/mol. The fraction of sp³-hybridized carbons (Fsp3) is 1.00. The van der Waals surface area contributed by atoms with E-state index >= 15 is 0 Å². The van der Waals surface area contributed by atoms with Gasteiger partial charge in [0.2, 0.25) is 0 Å². The smallest absolute Gasteiger partial charge is 0.102 e. The Morgan fingerprint density at radius 1 is 1.42 bits per heavy atom. The molecule has 1 unspecified atom stereocenters. The van der Waals surface area contributed by atoms with Crippen molar-refractivity contribution in [1.82, 2.24) is 4.72 Å². The molecule has 0 aliphatic carbocycles. The van der Waals surface area contributed by atoms with Crippen LogP contribution in [0.4, 0.5) is 0 Å². The molecule has 0 aromatic heterocycles. The molecule has 0 radical (unpaired) electrons. The van der Waals surface area contributed by atoms with E-state index in [4.69, 9.17) is 10.8 Å². The van der Waals surface area contributed by atoms with Crippen LogP contribution in [0.3, 0.4) is 0 Å². The normalized spacial score (nSPS) is 13.8. The van der Waals surface area contributed by atoms with Crippen LogP contribution in [0.5, 0.6) is 0 Å². The van der Waals surface area contributed by atoms with Crippen LogP contribution < -0.4 is 10.5 Å². The molecule has 0 saturated carbocycles. The summed E-state index contributed by atoms with van der Waals surface area (Å²) in [6.07, 6.45) is 2.13. The minimum Gasteiger partial charge on any atom is -0.379 e. The molecule has 0 aromatic rings. The third-order valence-electron chi connectivity index (χ3n) is 1.35. The van der Waals surface area contributed by atoms with Crippen LogP contribution in [0.2, 0.25) is 0 Å². The summed E-state index contributed by atoms with van der Waals surface area (Å²) in [5.74, 6) is 0. The van der Waals surface area contributed by atoms with Crippen LogP contribution in [-0.2, 0) is 0 Å². The molecule has 12 heavy (non-hydrogen) atoms. The summed E-state index contributed by atoms with van der Waals surface area (Å²) in [6, 6.07) is 0. The van der Waals surface area contributed by atoms with Gasteiger partial charge >= 0.3 is 0 Å². The number of nitrogens with one attached hydrogen (secondary N) is 1. The highest BCUT2D eigenvalue weighted by Crippen LogP contribution is 2.04. The monoisotopic (exact) mass is 192 g/mol. The molecule has 0 fully saturated rings. The van der Waals surface area contributed by atoms with Gasteiger partial charge in [-0.3, -0.25) is 4.72 Å². The van der Waals surface area contributed by atoms with E-state index < -0.39 is 6.23 Å². The molecule has 0 heterocycles. The van der Waals surface area contributed by atoms with Gasteiger partial charge in [-0.15, -0.1) is 0 Å². The number of hydrogen-bond donors (Lipinski definition) is 3. The number of nitrogens with two attached hydrogens (primary N) is 1. The number of rotatable bonds is 7. The summed E-state index contributed by atoms with van der Waals surface area (Å²) in [7, 11) is 0. The third kappa shape index (κ3) is 10.2. The van der Waals surface area contributed by atoms with E-state index in [1.807, 2.05) is 0 Å². The zero-order valence-corrected chi connectivity index (χ0v) is 8.73. The highest BCUT2D eigenvalue weighted by Gasteiger charge is 1.96. The van der Waals surface area contributed by atoms with Crippen molar-refractivity contribution in [3.63, 3.8) is 0 Å². The summed E-state index contributed by atoms with van der Waals surface area (Å²) < 4.78 is 3.25. The van der Waals surface area contributed by atoms with E-state index in [9.17, 15) is 0 Å². The topological polar surface area (TPSA) is 58.3 Å². The first-order valence-corrected chi connectivity index (χ1v) is 5.33. The molecule has 74 valence electrons. The van der Waals surface area contributed by atoms with Crippen LogP contribution >= 0.6 is 11.9 Å². The quantitative estimate of drug-likeness (QED) is 0.321. The molecule has 0 rings (SSSR count). The van der Waals surface area contributed by atoms with Gasteiger partial charge in [-0.05, 0) is 19.3 Å². The number of aliphatic hydroxyl groups excluding tert-OH is 1. The van der Waals surface area contributed by atoms with Crippen molar-refractivity contribution in [2.24, 2.45) is 5.73 Å². The maximum Gasteiger partial charge on any atom is 0.102 e. The van der Waals surface area contributed by atoms with Crippen molar-refractivity contribution in [3.05, 3.63) is 0 Å². The van der Waals surface area contributed by atoms with Crippen LogP contribution in [0, 0.1) is 0 Å². The number of aliphatic hydroxyl groups is 1. The molecule has 0 amide bonds. The second kappa shape index (κ2) is 7.86. The largest absolute Gasteiger partial charge is 0.379 e. The van der Waals surface area contributed by atoms with Gasteiger partial charge in [0.15, 0.2) is 0 Å². The summed E-state index contributed by atoms with van der Waals surface area (Å²) in [4.78, 5) is 0. The number of hydrogen-bond acceptors (Lipinski definition) is 4. The summed E-state index contributed by atoms with van der Waals surface area (Å²) in [5, 5.41) is 9.38. The van der Waals surface area contributed by atoms with Gasteiger partial charge in [0, 0.05) is 11.8 Å². The van der Waals surface area contributed by atoms with Gasteiger partial charge in [-0.25, -0.2) is 0 Å². The Morgan fingerprint density at radius 2 is 2.08 bits per heavy atom. The first-order valence-electron chi connectivity index (χ1n) is 4.45. The molecule has 3 nitrogen and oxygen atoms in total. The first kappa shape index (κ1) is 12.2. The number of unbranched alkanes of at least 4 members (excludes halogenated alkanes) is 1. The average molecular weight is 192 g/mol. The Kier molecular flexibility index (Phi) is 8.01. The van der Waals surface area contributed by atoms with Gasteiger partial charge in [0.1, 0.15) is 6.23 Å². The Hall–Kier alpha value is 0.230. The van der Waals surface area contributed by atoms with Gasteiger partial charge in [0.05, 0.1) is 0 Å². The van der Waals surface area contributed by atoms with Crippen molar-refractivity contribution in [1.29, 1.82) is 0 Å². The first-order chi connectivity index (χ1) is 5.63. The van der Waals surface area contributed by atoms with Crippen LogP contribution in [0.1, 0.15) is 33.1 Å². The molecule has 1 atom stereocenters. The maximum atomic E-state index is 8.75. The van der Waals surface area contributed by atoms with Crippen molar-refractivity contribution in [3.8, 4) is 0 Å². The molecule has 0 bridgehead atoms. The highest BCUT2D eigenvalue weighted by atomic mass is 32.2. The zero-order chi connectivity index (χ0) is 9.40. The summed E-state index contributed by atoms with van der Waals surface area (Å²) in [5.41, 5.74) is 5.19. The fourth-order valence-electron chi connectivity index (χ4n) is 0.776. The van der Waals surface area contributed by atoms with Crippen LogP contribution in [0.25, 0.3) is 0 Å². The molecular weight excluding hydrogens is 172 g/mol. The minimum absolute atomic E-state index is 0.630. The Balaban J connectivity index is 2.91. The summed E-state index contributed by atoms with van der Waals surface area (Å²) >= 11 is 1.75. The van der Waals surface area contributed by atoms with Crippen molar-refractivity contribution < 1.29 is 5.11 Å². The third-order valence-corrected chi connectivity index (χ3v) is 2.19. The van der Waals surface area contributed by atoms with E-state index in [0.29, 0.717) is 11.7 Å². The van der Waals surface area contributed by atoms with Crippen LogP contribution in [-0.4, -0.2) is 23.1 Å². The van der Waals surface area contributed by atoms with E-state index in [-0.39, 0.29) is 0 Å².